The summed E-state index contributed by atoms with van der Waals surface area (Å²) in [7, 11) is 1.87. The number of Topliss-reactive ketones (excluding diaryl/α,β-unsaturated/α-hetero) is 1. The summed E-state index contributed by atoms with van der Waals surface area (Å²) >= 11 is 0. The van der Waals surface area contributed by atoms with Crippen LogP contribution in [0.2, 0.25) is 0 Å². The summed E-state index contributed by atoms with van der Waals surface area (Å²) in [6, 6.07) is 14.5. The maximum absolute atomic E-state index is 12.1. The van der Waals surface area contributed by atoms with Gasteiger partial charge in [-0.05, 0) is 18.2 Å². The smallest absolute Gasteiger partial charge is 0.203 e. The summed E-state index contributed by atoms with van der Waals surface area (Å²) in [5.74, 6) is -0.251. The fourth-order valence-corrected chi connectivity index (χ4v) is 1.67. The second-order valence-corrected chi connectivity index (χ2v) is 3.91. The molecule has 1 aromatic carbocycles. The van der Waals surface area contributed by atoms with Crippen LogP contribution >= 0.6 is 0 Å². The molecule has 2 aromatic rings. The lowest BCUT2D eigenvalue weighted by atomic mass is 10.0. The Hall–Kier alpha value is -2.60. The number of carbonyl (C=O) groups is 1. The minimum absolute atomic E-state index is 0.142. The van der Waals surface area contributed by atoms with E-state index in [1.54, 1.807) is 30.3 Å². The molecule has 88 valence electrons. The number of hydrogen-bond donors (Lipinski definition) is 0. The van der Waals surface area contributed by atoms with Gasteiger partial charge in [-0.3, -0.25) is 4.79 Å². The zero-order chi connectivity index (χ0) is 13.0. The molecule has 0 N–H and O–H groups in total. The molecule has 0 fully saturated rings. The largest absolute Gasteiger partial charge is 0.351 e. The average molecular weight is 236 g/mol. The number of hydrogen-bond acceptors (Lipinski definition) is 2. The molecular formula is C15H12N2O. The number of allylic oxidation sites excluding steroid dienone is 1. The van der Waals surface area contributed by atoms with Crippen molar-refractivity contribution in [3.8, 4) is 6.07 Å². The van der Waals surface area contributed by atoms with Crippen molar-refractivity contribution in [2.45, 2.75) is 0 Å². The first-order valence-electron chi connectivity index (χ1n) is 5.55. The molecular weight excluding hydrogens is 224 g/mol. The Morgan fingerprint density at radius 1 is 1.22 bits per heavy atom. The van der Waals surface area contributed by atoms with Crippen LogP contribution in [0.4, 0.5) is 0 Å². The first-order valence-corrected chi connectivity index (χ1v) is 5.55. The van der Waals surface area contributed by atoms with E-state index in [2.05, 4.69) is 0 Å². The van der Waals surface area contributed by atoms with Gasteiger partial charge in [-0.15, -0.1) is 0 Å². The summed E-state index contributed by atoms with van der Waals surface area (Å²) in [4.78, 5) is 12.1. The molecule has 3 nitrogen and oxygen atoms in total. The highest BCUT2D eigenvalue weighted by molar-refractivity contribution is 6.13. The third-order valence-electron chi connectivity index (χ3n) is 2.68. The van der Waals surface area contributed by atoms with Crippen molar-refractivity contribution in [3.05, 3.63) is 65.5 Å². The maximum atomic E-state index is 12.1. The Kier molecular flexibility index (Phi) is 3.40. The Bertz CT molecular complexity index is 630. The summed E-state index contributed by atoms with van der Waals surface area (Å²) in [5, 5.41) is 9.10. The molecule has 0 radical (unpaired) electrons. The molecule has 0 bridgehead atoms. The Morgan fingerprint density at radius 3 is 2.50 bits per heavy atom. The average Bonchev–Trinajstić information content (AvgIpc) is 2.81. The van der Waals surface area contributed by atoms with Crippen molar-refractivity contribution in [2.24, 2.45) is 7.05 Å². The van der Waals surface area contributed by atoms with Crippen molar-refractivity contribution in [1.29, 1.82) is 5.26 Å². The van der Waals surface area contributed by atoms with Gasteiger partial charge >= 0.3 is 0 Å². The first-order chi connectivity index (χ1) is 8.72. The van der Waals surface area contributed by atoms with Crippen LogP contribution in [0.3, 0.4) is 0 Å². The van der Waals surface area contributed by atoms with Crippen LogP contribution in [-0.4, -0.2) is 10.4 Å². The van der Waals surface area contributed by atoms with Crippen molar-refractivity contribution in [2.75, 3.05) is 0 Å². The number of benzene rings is 1. The van der Waals surface area contributed by atoms with Gasteiger partial charge in [-0.1, -0.05) is 30.3 Å². The highest BCUT2D eigenvalue weighted by Gasteiger charge is 2.11. The van der Waals surface area contributed by atoms with E-state index in [1.165, 1.54) is 0 Å². The Labute approximate surface area is 106 Å². The summed E-state index contributed by atoms with van der Waals surface area (Å²) < 4.78 is 1.86. The molecule has 0 spiro atoms. The third-order valence-corrected chi connectivity index (χ3v) is 2.68. The monoisotopic (exact) mass is 236 g/mol. The van der Waals surface area contributed by atoms with Crippen LogP contribution in [0.25, 0.3) is 6.08 Å². The minimum Gasteiger partial charge on any atom is -0.351 e. The van der Waals surface area contributed by atoms with Gasteiger partial charge < -0.3 is 4.57 Å². The number of nitriles is 1. The lowest BCUT2D eigenvalue weighted by Gasteiger charge is -2.00. The van der Waals surface area contributed by atoms with Crippen LogP contribution in [0.1, 0.15) is 16.1 Å². The van der Waals surface area contributed by atoms with Gasteiger partial charge in [0.05, 0.1) is 0 Å². The van der Waals surface area contributed by atoms with Gasteiger partial charge in [0.2, 0.25) is 5.78 Å². The van der Waals surface area contributed by atoms with E-state index in [4.69, 9.17) is 5.26 Å². The van der Waals surface area contributed by atoms with Crippen LogP contribution in [-0.2, 0) is 7.05 Å². The quantitative estimate of drug-likeness (QED) is 0.467. The standard InChI is InChI=1S/C15H12N2O/c1-17-9-5-8-14(17)10-13(11-16)15(18)12-6-3-2-4-7-12/h2-10H,1H3. The van der Waals surface area contributed by atoms with Crippen molar-refractivity contribution in [3.63, 3.8) is 0 Å². The topological polar surface area (TPSA) is 45.8 Å². The molecule has 18 heavy (non-hydrogen) atoms. The molecule has 0 saturated carbocycles. The second-order valence-electron chi connectivity index (χ2n) is 3.91. The fraction of sp³-hybridized carbons (Fsp3) is 0.0667. The van der Waals surface area contributed by atoms with E-state index >= 15 is 0 Å². The van der Waals surface area contributed by atoms with Gasteiger partial charge in [0, 0.05) is 24.5 Å². The van der Waals surface area contributed by atoms with Crippen molar-refractivity contribution >= 4 is 11.9 Å². The number of rotatable bonds is 3. The minimum atomic E-state index is -0.251. The maximum Gasteiger partial charge on any atom is 0.203 e. The first kappa shape index (κ1) is 11.9. The van der Waals surface area contributed by atoms with E-state index < -0.39 is 0 Å². The molecule has 1 heterocycles. The Morgan fingerprint density at radius 2 is 1.94 bits per heavy atom. The molecule has 0 aliphatic carbocycles. The lowest BCUT2D eigenvalue weighted by Crippen LogP contribution is -2.02. The molecule has 1 aromatic heterocycles. The van der Waals surface area contributed by atoms with Crippen LogP contribution in [0.5, 0.6) is 0 Å². The predicted molar refractivity (Wildman–Crippen MR) is 69.8 cm³/mol. The molecule has 0 saturated heterocycles. The normalized spacial score (nSPS) is 11.0. The highest BCUT2D eigenvalue weighted by atomic mass is 16.1. The second kappa shape index (κ2) is 5.15. The van der Waals surface area contributed by atoms with Gasteiger partial charge in [0.15, 0.2) is 0 Å². The molecule has 0 amide bonds. The lowest BCUT2D eigenvalue weighted by molar-refractivity contribution is 0.104. The molecule has 0 atom stereocenters. The van der Waals surface area contributed by atoms with Gasteiger partial charge in [-0.25, -0.2) is 0 Å². The highest BCUT2D eigenvalue weighted by Crippen LogP contribution is 2.12. The molecule has 2 rings (SSSR count). The van der Waals surface area contributed by atoms with E-state index in [9.17, 15) is 4.79 Å². The summed E-state index contributed by atoms with van der Waals surface area (Å²) in [6.07, 6.45) is 3.48. The fourth-order valence-electron chi connectivity index (χ4n) is 1.67. The van der Waals surface area contributed by atoms with Crippen molar-refractivity contribution < 1.29 is 4.79 Å². The van der Waals surface area contributed by atoms with Crippen LogP contribution < -0.4 is 0 Å². The predicted octanol–water partition coefficient (Wildman–Crippen LogP) is 2.81. The zero-order valence-electron chi connectivity index (χ0n) is 10.00. The van der Waals surface area contributed by atoms with E-state index in [0.29, 0.717) is 5.56 Å². The van der Waals surface area contributed by atoms with E-state index in [0.717, 1.165) is 5.69 Å². The van der Waals surface area contributed by atoms with Crippen molar-refractivity contribution in [1.82, 2.24) is 4.57 Å². The number of aromatic nitrogens is 1. The zero-order valence-corrected chi connectivity index (χ0v) is 10.00. The molecule has 0 aliphatic rings. The third kappa shape index (κ3) is 2.38. The van der Waals surface area contributed by atoms with E-state index in [-0.39, 0.29) is 11.4 Å². The summed E-state index contributed by atoms with van der Waals surface area (Å²) in [5.41, 5.74) is 1.50. The number of ketones is 1. The van der Waals surface area contributed by atoms with E-state index in [1.807, 2.05) is 42.1 Å². The molecule has 0 unspecified atom stereocenters. The van der Waals surface area contributed by atoms with Gasteiger partial charge in [-0.2, -0.15) is 5.26 Å². The van der Waals surface area contributed by atoms with Gasteiger partial charge in [0.1, 0.15) is 11.6 Å². The summed E-state index contributed by atoms with van der Waals surface area (Å²) in [6.45, 7) is 0. The Balaban J connectivity index is 2.37. The SMILES string of the molecule is Cn1cccc1C=C(C#N)C(=O)c1ccccc1. The number of nitrogens with zero attached hydrogens (tertiary/aromatic N) is 2. The number of carbonyl (C=O) groups excluding carboxylic acids is 1. The number of aryl methyl sites for hydroxylation is 1. The molecule has 0 aliphatic heterocycles. The van der Waals surface area contributed by atoms with Crippen LogP contribution in [0, 0.1) is 11.3 Å². The molecule has 3 heteroatoms. The van der Waals surface area contributed by atoms with Gasteiger partial charge in [0.25, 0.3) is 0 Å². The van der Waals surface area contributed by atoms with Crippen LogP contribution in [0.15, 0.2) is 54.2 Å².